The van der Waals surface area contributed by atoms with Crippen molar-refractivity contribution in [1.29, 1.82) is 0 Å². The second-order valence-electron chi connectivity index (χ2n) is 5.39. The van der Waals surface area contributed by atoms with Crippen LogP contribution in [0.2, 0.25) is 10.0 Å². The molecule has 0 aliphatic heterocycles. The Morgan fingerprint density at radius 3 is 2.38 bits per heavy atom. The summed E-state index contributed by atoms with van der Waals surface area (Å²) in [5, 5.41) is 3.65. The highest BCUT2D eigenvalue weighted by Gasteiger charge is 2.49. The Balaban J connectivity index is 2.12. The summed E-state index contributed by atoms with van der Waals surface area (Å²) in [4.78, 5) is 24.2. The van der Waals surface area contributed by atoms with E-state index in [0.717, 1.165) is 12.8 Å². The summed E-state index contributed by atoms with van der Waals surface area (Å²) < 4.78 is 4.81. The molecule has 1 aromatic rings. The molecule has 0 radical (unpaired) electrons. The smallest absolute Gasteiger partial charge is 0.331 e. The van der Waals surface area contributed by atoms with Gasteiger partial charge < -0.3 is 10.1 Å². The van der Waals surface area contributed by atoms with Gasteiger partial charge in [-0.3, -0.25) is 4.79 Å². The standard InChI is InChI=1S/C15H17Cl2NO3/c1-15(9-6-7-9,14(20)21-2)18-13(19)8-10-11(16)4-3-5-12(10)17/h3-5,9H,6-8H2,1-2H3,(H,18,19)/t15-/m1/s1. The van der Waals surface area contributed by atoms with Crippen molar-refractivity contribution in [2.45, 2.75) is 31.7 Å². The number of carbonyl (C=O) groups is 2. The van der Waals surface area contributed by atoms with Crippen LogP contribution in [0.3, 0.4) is 0 Å². The predicted molar refractivity (Wildman–Crippen MR) is 81.5 cm³/mol. The van der Waals surface area contributed by atoms with Crippen LogP contribution >= 0.6 is 23.2 Å². The molecule has 1 N–H and O–H groups in total. The highest BCUT2D eigenvalue weighted by Crippen LogP contribution is 2.40. The van der Waals surface area contributed by atoms with Crippen molar-refractivity contribution < 1.29 is 14.3 Å². The van der Waals surface area contributed by atoms with Gasteiger partial charge in [0.25, 0.3) is 0 Å². The number of methoxy groups -OCH3 is 1. The first-order chi connectivity index (χ1) is 9.88. The van der Waals surface area contributed by atoms with Gasteiger partial charge in [-0.05, 0) is 43.4 Å². The summed E-state index contributed by atoms with van der Waals surface area (Å²) in [7, 11) is 1.32. The van der Waals surface area contributed by atoms with Gasteiger partial charge in [0.2, 0.25) is 5.91 Å². The van der Waals surface area contributed by atoms with E-state index >= 15 is 0 Å². The second kappa shape index (κ2) is 6.24. The highest BCUT2D eigenvalue weighted by molar-refractivity contribution is 6.36. The molecule has 0 unspecified atom stereocenters. The van der Waals surface area contributed by atoms with Crippen molar-refractivity contribution in [2.75, 3.05) is 7.11 Å². The van der Waals surface area contributed by atoms with Crippen molar-refractivity contribution in [3.05, 3.63) is 33.8 Å². The van der Waals surface area contributed by atoms with Crippen LogP contribution < -0.4 is 5.32 Å². The third kappa shape index (κ3) is 3.50. The van der Waals surface area contributed by atoms with Gasteiger partial charge in [0.1, 0.15) is 5.54 Å². The second-order valence-corrected chi connectivity index (χ2v) is 6.21. The zero-order valence-electron chi connectivity index (χ0n) is 11.9. The molecule has 1 aliphatic rings. The van der Waals surface area contributed by atoms with Gasteiger partial charge >= 0.3 is 5.97 Å². The number of benzene rings is 1. The number of halogens is 2. The number of nitrogens with one attached hydrogen (secondary N) is 1. The van der Waals surface area contributed by atoms with Gasteiger partial charge in [-0.25, -0.2) is 4.79 Å². The summed E-state index contributed by atoms with van der Waals surface area (Å²) in [5.74, 6) is -0.607. The maximum absolute atomic E-state index is 12.2. The fourth-order valence-electron chi connectivity index (χ4n) is 2.39. The maximum Gasteiger partial charge on any atom is 0.331 e. The number of carbonyl (C=O) groups excluding carboxylic acids is 2. The molecule has 4 nitrogen and oxygen atoms in total. The lowest BCUT2D eigenvalue weighted by Gasteiger charge is -2.28. The van der Waals surface area contributed by atoms with Crippen molar-refractivity contribution in [1.82, 2.24) is 5.32 Å². The zero-order chi connectivity index (χ0) is 15.6. The molecule has 1 amide bonds. The Kier molecular flexibility index (Phi) is 4.79. The van der Waals surface area contributed by atoms with E-state index in [2.05, 4.69) is 5.32 Å². The summed E-state index contributed by atoms with van der Waals surface area (Å²) in [6, 6.07) is 5.07. The SMILES string of the molecule is COC(=O)[C@](C)(NC(=O)Cc1c(Cl)cccc1Cl)C1CC1. The van der Waals surface area contributed by atoms with E-state index in [1.54, 1.807) is 25.1 Å². The lowest BCUT2D eigenvalue weighted by atomic mass is 9.95. The maximum atomic E-state index is 12.2. The van der Waals surface area contributed by atoms with Crippen molar-refractivity contribution in [2.24, 2.45) is 5.92 Å². The molecule has 0 saturated heterocycles. The molecule has 1 saturated carbocycles. The van der Waals surface area contributed by atoms with Gasteiger partial charge in [-0.2, -0.15) is 0 Å². The van der Waals surface area contributed by atoms with Crippen molar-refractivity contribution in [3.63, 3.8) is 0 Å². The first-order valence-corrected chi connectivity index (χ1v) is 7.46. The largest absolute Gasteiger partial charge is 0.467 e. The number of hydrogen-bond donors (Lipinski definition) is 1. The molecular formula is C15H17Cl2NO3. The molecule has 114 valence electrons. The minimum absolute atomic E-state index is 0.0256. The molecule has 2 rings (SSSR count). The van der Waals surface area contributed by atoms with Gasteiger partial charge in [0, 0.05) is 10.0 Å². The summed E-state index contributed by atoms with van der Waals surface area (Å²) in [6.07, 6.45) is 1.83. The lowest BCUT2D eigenvalue weighted by Crippen LogP contribution is -2.55. The Bertz CT molecular complexity index is 552. The van der Waals surface area contributed by atoms with E-state index in [4.69, 9.17) is 27.9 Å². The van der Waals surface area contributed by atoms with Crippen molar-refractivity contribution >= 4 is 35.1 Å². The van der Waals surface area contributed by atoms with Crippen molar-refractivity contribution in [3.8, 4) is 0 Å². The van der Waals surface area contributed by atoms with Gasteiger partial charge in [0.05, 0.1) is 13.5 Å². The molecule has 0 spiro atoms. The van der Waals surface area contributed by atoms with Crippen LogP contribution in [0, 0.1) is 5.92 Å². The molecule has 1 fully saturated rings. The third-order valence-corrected chi connectivity index (χ3v) is 4.51. The number of esters is 1. The van der Waals surface area contributed by atoms with E-state index in [0.29, 0.717) is 15.6 Å². The first kappa shape index (κ1) is 16.1. The van der Waals surface area contributed by atoms with E-state index in [1.807, 2.05) is 0 Å². The van der Waals surface area contributed by atoms with Gasteiger partial charge in [0.15, 0.2) is 0 Å². The molecular weight excluding hydrogens is 313 g/mol. The minimum Gasteiger partial charge on any atom is -0.467 e. The molecule has 21 heavy (non-hydrogen) atoms. The third-order valence-electron chi connectivity index (χ3n) is 3.80. The molecule has 1 atom stereocenters. The molecule has 1 aliphatic carbocycles. The Morgan fingerprint density at radius 2 is 1.90 bits per heavy atom. The van der Waals surface area contributed by atoms with Crippen LogP contribution in [0.4, 0.5) is 0 Å². The number of hydrogen-bond acceptors (Lipinski definition) is 3. The quantitative estimate of drug-likeness (QED) is 0.845. The average molecular weight is 330 g/mol. The van der Waals surface area contributed by atoms with E-state index < -0.39 is 11.5 Å². The van der Waals surface area contributed by atoms with Crippen LogP contribution in [0.1, 0.15) is 25.3 Å². The molecule has 6 heteroatoms. The molecule has 0 heterocycles. The van der Waals surface area contributed by atoms with E-state index in [-0.39, 0.29) is 18.2 Å². The summed E-state index contributed by atoms with van der Waals surface area (Å²) >= 11 is 12.1. The summed E-state index contributed by atoms with van der Waals surface area (Å²) in [5.41, 5.74) is -0.430. The number of ether oxygens (including phenoxy) is 1. The van der Waals surface area contributed by atoms with Crippen LogP contribution in [0.25, 0.3) is 0 Å². The van der Waals surface area contributed by atoms with E-state index in [1.165, 1.54) is 7.11 Å². The Hall–Kier alpha value is -1.26. The number of rotatable bonds is 5. The highest BCUT2D eigenvalue weighted by atomic mass is 35.5. The van der Waals surface area contributed by atoms with Crippen LogP contribution in [-0.2, 0) is 20.7 Å². The Morgan fingerprint density at radius 1 is 1.33 bits per heavy atom. The monoisotopic (exact) mass is 329 g/mol. The average Bonchev–Trinajstić information content (AvgIpc) is 3.26. The van der Waals surface area contributed by atoms with Crippen LogP contribution in [-0.4, -0.2) is 24.5 Å². The number of amides is 1. The van der Waals surface area contributed by atoms with Gasteiger partial charge in [-0.1, -0.05) is 29.3 Å². The first-order valence-electron chi connectivity index (χ1n) is 6.70. The van der Waals surface area contributed by atoms with Gasteiger partial charge in [-0.15, -0.1) is 0 Å². The minimum atomic E-state index is -0.987. The van der Waals surface area contributed by atoms with Crippen LogP contribution in [0.15, 0.2) is 18.2 Å². The fourth-order valence-corrected chi connectivity index (χ4v) is 2.92. The fraction of sp³-hybridized carbons (Fsp3) is 0.467. The van der Waals surface area contributed by atoms with E-state index in [9.17, 15) is 9.59 Å². The van der Waals surface area contributed by atoms with Crippen LogP contribution in [0.5, 0.6) is 0 Å². The lowest BCUT2D eigenvalue weighted by molar-refractivity contribution is -0.151. The Labute approximate surface area is 133 Å². The molecule has 0 bridgehead atoms. The molecule has 1 aromatic carbocycles. The molecule has 0 aromatic heterocycles. The topological polar surface area (TPSA) is 55.4 Å². The zero-order valence-corrected chi connectivity index (χ0v) is 13.4. The summed E-state index contributed by atoms with van der Waals surface area (Å²) in [6.45, 7) is 1.70. The predicted octanol–water partition coefficient (Wildman–Crippen LogP) is 2.99. The normalized spacial score (nSPS) is 17.0.